The predicted octanol–water partition coefficient (Wildman–Crippen LogP) is 16.2. The molecule has 10 aromatic rings. The van der Waals surface area contributed by atoms with Crippen molar-refractivity contribution in [2.75, 3.05) is 4.90 Å². The van der Waals surface area contributed by atoms with E-state index < -0.39 is 5.41 Å². The summed E-state index contributed by atoms with van der Waals surface area (Å²) >= 11 is 1.95. The first-order valence-electron chi connectivity index (χ1n) is 21.6. The van der Waals surface area contributed by atoms with Gasteiger partial charge in [0.1, 0.15) is 0 Å². The zero-order valence-corrected chi connectivity index (χ0v) is 35.0. The van der Waals surface area contributed by atoms with Crippen molar-refractivity contribution in [3.8, 4) is 32.7 Å². The normalized spacial score (nSPS) is 13.8. The third-order valence-corrected chi connectivity index (χ3v) is 14.2. The largest absolute Gasteiger partial charge is 0.310 e. The molecule has 62 heavy (non-hydrogen) atoms. The molecule has 0 spiro atoms. The molecule has 2 heterocycles. The van der Waals surface area contributed by atoms with Gasteiger partial charge in [0.05, 0.1) is 16.4 Å². The van der Waals surface area contributed by atoms with E-state index in [-0.39, 0.29) is 0 Å². The average molecular weight is 811 g/mol. The summed E-state index contributed by atoms with van der Waals surface area (Å²) in [7, 11) is 0. The van der Waals surface area contributed by atoms with Crippen LogP contribution in [0.1, 0.15) is 34.4 Å². The smallest absolute Gasteiger partial charge is 0.0808 e. The van der Waals surface area contributed by atoms with Crippen LogP contribution >= 0.6 is 11.3 Å². The van der Waals surface area contributed by atoms with Gasteiger partial charge in [0.25, 0.3) is 0 Å². The Kier molecular flexibility index (Phi) is 8.76. The highest BCUT2D eigenvalue weighted by molar-refractivity contribution is 7.17. The Balaban J connectivity index is 1.16. The lowest BCUT2D eigenvalue weighted by Crippen LogP contribution is -2.28. The van der Waals surface area contributed by atoms with Gasteiger partial charge in [-0.25, -0.2) is 0 Å². The molecule has 12 rings (SSSR count). The Morgan fingerprint density at radius 3 is 1.73 bits per heavy atom. The molecule has 0 fully saturated rings. The number of benzene rings is 8. The van der Waals surface area contributed by atoms with Crippen molar-refractivity contribution in [2.45, 2.75) is 18.3 Å². The van der Waals surface area contributed by atoms with Gasteiger partial charge in [0, 0.05) is 54.4 Å². The number of thiophene rings is 1. The van der Waals surface area contributed by atoms with Crippen LogP contribution in [0, 0.1) is 0 Å². The Hall–Kier alpha value is -7.46. The summed E-state index contributed by atoms with van der Waals surface area (Å²) in [5.74, 6) is 0. The molecule has 0 bridgehead atoms. The van der Waals surface area contributed by atoms with Crippen LogP contribution in [-0.4, -0.2) is 4.57 Å². The minimum Gasteiger partial charge on any atom is -0.310 e. The first-order chi connectivity index (χ1) is 30.8. The Morgan fingerprint density at radius 1 is 0.468 bits per heavy atom. The molecule has 0 saturated carbocycles. The van der Waals surface area contributed by atoms with E-state index in [1.54, 1.807) is 0 Å². The zero-order chi connectivity index (χ0) is 41.0. The summed E-state index contributed by atoms with van der Waals surface area (Å²) in [4.78, 5) is 5.10. The Labute approximate surface area is 366 Å². The molecule has 0 unspecified atom stereocenters. The minimum atomic E-state index is -0.580. The summed E-state index contributed by atoms with van der Waals surface area (Å²) in [5.41, 5.74) is 16.6. The zero-order valence-electron chi connectivity index (χ0n) is 34.2. The highest BCUT2D eigenvalue weighted by Gasteiger charge is 2.49. The molecule has 0 aliphatic heterocycles. The molecule has 294 valence electrons. The standard InChI is InChI=1S/C59H42N2S/c1-7-21-41(22-8-1)55-56-51-38-36-47(39-52(51)59(43-25-11-3-12-26-43,44-27-13-4-14-28-44)58(56)62-57(55)42-23-9-2-10-24-42)60(45-29-15-5-16-30-45)48-35-37-50-49-33-19-20-34-53(49)61(54(50)40-48)46-31-17-6-18-32-46/h1-5,7-17,19-40H,6,18H2. The van der Waals surface area contributed by atoms with Gasteiger partial charge in [0.15, 0.2) is 0 Å². The Morgan fingerprint density at radius 2 is 1.05 bits per heavy atom. The summed E-state index contributed by atoms with van der Waals surface area (Å²) in [6.07, 6.45) is 9.09. The molecule has 0 amide bonds. The van der Waals surface area contributed by atoms with Crippen molar-refractivity contribution in [3.05, 3.63) is 252 Å². The third-order valence-electron chi connectivity index (χ3n) is 12.9. The fourth-order valence-corrected chi connectivity index (χ4v) is 11.8. The second-order valence-corrected chi connectivity index (χ2v) is 17.3. The summed E-state index contributed by atoms with van der Waals surface area (Å²) in [6.45, 7) is 0. The van der Waals surface area contributed by atoms with Gasteiger partial charge < -0.3 is 9.47 Å². The van der Waals surface area contributed by atoms with Crippen LogP contribution in [0.4, 0.5) is 17.1 Å². The predicted molar refractivity (Wildman–Crippen MR) is 263 cm³/mol. The van der Waals surface area contributed by atoms with E-state index in [2.05, 4.69) is 240 Å². The van der Waals surface area contributed by atoms with Crippen molar-refractivity contribution in [1.29, 1.82) is 0 Å². The van der Waals surface area contributed by atoms with Gasteiger partial charge in [-0.3, -0.25) is 0 Å². The topological polar surface area (TPSA) is 8.17 Å². The molecule has 3 heteroatoms. The summed E-state index contributed by atoms with van der Waals surface area (Å²) in [5, 5.41) is 2.52. The lowest BCUT2D eigenvalue weighted by atomic mass is 9.70. The number of hydrogen-bond donors (Lipinski definition) is 0. The highest BCUT2D eigenvalue weighted by Crippen LogP contribution is 2.64. The molecule has 2 aliphatic rings. The molecular weight excluding hydrogens is 769 g/mol. The van der Waals surface area contributed by atoms with Crippen LogP contribution in [0.25, 0.3) is 60.2 Å². The van der Waals surface area contributed by atoms with Crippen molar-refractivity contribution >= 4 is 55.9 Å². The van der Waals surface area contributed by atoms with E-state index in [1.165, 1.54) is 81.8 Å². The molecular formula is C59H42N2S. The van der Waals surface area contributed by atoms with Crippen LogP contribution in [0.15, 0.2) is 231 Å². The monoisotopic (exact) mass is 810 g/mol. The van der Waals surface area contributed by atoms with E-state index in [4.69, 9.17) is 0 Å². The van der Waals surface area contributed by atoms with Crippen LogP contribution in [-0.2, 0) is 5.41 Å². The lowest BCUT2D eigenvalue weighted by molar-refractivity contribution is 0.785. The number of hydrogen-bond acceptors (Lipinski definition) is 2. The second kappa shape index (κ2) is 14.9. The van der Waals surface area contributed by atoms with E-state index in [9.17, 15) is 0 Å². The average Bonchev–Trinajstić information content (AvgIpc) is 3.99. The molecule has 2 nitrogen and oxygen atoms in total. The maximum atomic E-state index is 2.50. The first kappa shape index (κ1) is 36.4. The maximum Gasteiger partial charge on any atom is 0.0808 e. The van der Waals surface area contributed by atoms with Crippen molar-refractivity contribution in [1.82, 2.24) is 4.57 Å². The van der Waals surface area contributed by atoms with Gasteiger partial charge in [-0.05, 0) is 94.8 Å². The van der Waals surface area contributed by atoms with Gasteiger partial charge in [0.2, 0.25) is 0 Å². The number of fused-ring (bicyclic) bond motifs is 6. The molecule has 0 atom stereocenters. The quantitative estimate of drug-likeness (QED) is 0.148. The van der Waals surface area contributed by atoms with Crippen molar-refractivity contribution in [3.63, 3.8) is 0 Å². The summed E-state index contributed by atoms with van der Waals surface area (Å²) < 4.78 is 2.46. The van der Waals surface area contributed by atoms with Crippen molar-refractivity contribution < 1.29 is 0 Å². The SMILES string of the molecule is C1=CC(n2c3ccccc3c3ccc(N(c4ccccc4)c4ccc5c(c4)C(c4ccccc4)(c4ccccc4)c4sc(-c6ccccc6)c(-c6ccccc6)c4-5)cc32)=CCC1. The van der Waals surface area contributed by atoms with Gasteiger partial charge in [-0.2, -0.15) is 0 Å². The van der Waals surface area contributed by atoms with E-state index in [0.29, 0.717) is 0 Å². The van der Waals surface area contributed by atoms with E-state index >= 15 is 0 Å². The number of anilines is 3. The van der Waals surface area contributed by atoms with Gasteiger partial charge in [-0.1, -0.05) is 182 Å². The highest BCUT2D eigenvalue weighted by atomic mass is 32.1. The van der Waals surface area contributed by atoms with Crippen LogP contribution in [0.2, 0.25) is 0 Å². The lowest BCUT2D eigenvalue weighted by Gasteiger charge is -2.34. The fourth-order valence-electron chi connectivity index (χ4n) is 10.2. The maximum absolute atomic E-state index is 2.50. The molecule has 8 aromatic carbocycles. The van der Waals surface area contributed by atoms with Crippen molar-refractivity contribution in [2.24, 2.45) is 0 Å². The second-order valence-electron chi connectivity index (χ2n) is 16.3. The van der Waals surface area contributed by atoms with Crippen LogP contribution in [0.5, 0.6) is 0 Å². The molecule has 2 aliphatic carbocycles. The van der Waals surface area contributed by atoms with E-state index in [1.807, 2.05) is 11.3 Å². The third kappa shape index (κ3) is 5.62. The fraction of sp³-hybridized carbons (Fsp3) is 0.0508. The molecule has 0 N–H and O–H groups in total. The van der Waals surface area contributed by atoms with Crippen LogP contribution in [0.3, 0.4) is 0 Å². The number of para-hydroxylation sites is 2. The molecule has 0 saturated heterocycles. The number of allylic oxidation sites excluding steroid dienone is 4. The van der Waals surface area contributed by atoms with Gasteiger partial charge in [-0.15, -0.1) is 11.3 Å². The molecule has 0 radical (unpaired) electrons. The first-order valence-corrected chi connectivity index (χ1v) is 22.4. The number of nitrogens with zero attached hydrogens (tertiary/aromatic N) is 2. The minimum absolute atomic E-state index is 0.580. The number of rotatable bonds is 8. The Bertz CT molecular complexity index is 3280. The van der Waals surface area contributed by atoms with E-state index in [0.717, 1.165) is 29.9 Å². The summed E-state index contributed by atoms with van der Waals surface area (Å²) in [6, 6.07) is 78.4. The van der Waals surface area contributed by atoms with Crippen LogP contribution < -0.4 is 4.90 Å². The molecule has 2 aromatic heterocycles. The number of aromatic nitrogens is 1. The van der Waals surface area contributed by atoms with Gasteiger partial charge >= 0.3 is 0 Å².